The van der Waals surface area contributed by atoms with Crippen molar-refractivity contribution in [3.05, 3.63) is 57.6 Å². The molecule has 1 heterocycles. The van der Waals surface area contributed by atoms with Gasteiger partial charge in [0.25, 0.3) is 5.91 Å². The number of amides is 1. The van der Waals surface area contributed by atoms with Gasteiger partial charge in [0, 0.05) is 30.4 Å². The first kappa shape index (κ1) is 22.2. The van der Waals surface area contributed by atoms with E-state index >= 15 is 0 Å². The largest absolute Gasteiger partial charge is 0.493 e. The fourth-order valence-electron chi connectivity index (χ4n) is 3.34. The number of rotatable bonds is 7. The van der Waals surface area contributed by atoms with E-state index in [4.69, 9.17) is 27.9 Å². The molecule has 0 N–H and O–H groups in total. The summed E-state index contributed by atoms with van der Waals surface area (Å²) in [7, 11) is 0. The van der Waals surface area contributed by atoms with Crippen LogP contribution in [0.25, 0.3) is 6.08 Å². The van der Waals surface area contributed by atoms with Gasteiger partial charge in [-0.2, -0.15) is 10.1 Å². The molecular weight excluding hydrogens is 421 g/mol. The van der Waals surface area contributed by atoms with Gasteiger partial charge in [-0.15, -0.1) is 0 Å². The molecular formula is C23H25Cl2N3O2. The van der Waals surface area contributed by atoms with E-state index in [1.807, 2.05) is 38.1 Å². The van der Waals surface area contributed by atoms with Crippen LogP contribution in [-0.4, -0.2) is 31.3 Å². The summed E-state index contributed by atoms with van der Waals surface area (Å²) < 4.78 is 5.87. The second-order valence-corrected chi connectivity index (χ2v) is 7.60. The summed E-state index contributed by atoms with van der Waals surface area (Å²) in [6.45, 7) is 10.3. The Kier molecular flexibility index (Phi) is 7.06. The standard InChI is InChI=1S/C23H25Cl2N3O2/c1-5-27(6-2)17-9-8-16(22(14-17)30-7-3)12-19-15(4)26-28(23(19)29)18-10-11-20(24)21(25)13-18/h8-14H,5-7H2,1-4H3/b19-12+. The van der Waals surface area contributed by atoms with Crippen LogP contribution in [0.5, 0.6) is 5.75 Å². The van der Waals surface area contributed by atoms with Gasteiger partial charge in [0.1, 0.15) is 5.75 Å². The predicted octanol–water partition coefficient (Wildman–Crippen LogP) is 6.04. The minimum absolute atomic E-state index is 0.221. The maximum Gasteiger partial charge on any atom is 0.280 e. The van der Waals surface area contributed by atoms with Crippen LogP contribution in [0.1, 0.15) is 33.3 Å². The average molecular weight is 446 g/mol. The van der Waals surface area contributed by atoms with Crippen LogP contribution in [-0.2, 0) is 4.79 Å². The molecule has 5 nitrogen and oxygen atoms in total. The first-order valence-corrected chi connectivity index (χ1v) is 10.7. The predicted molar refractivity (Wildman–Crippen MR) is 126 cm³/mol. The Morgan fingerprint density at radius 2 is 1.80 bits per heavy atom. The molecule has 0 aromatic heterocycles. The van der Waals surface area contributed by atoms with Crippen molar-refractivity contribution in [2.75, 3.05) is 29.6 Å². The van der Waals surface area contributed by atoms with Crippen LogP contribution in [0, 0.1) is 0 Å². The van der Waals surface area contributed by atoms with Crippen LogP contribution in [0.3, 0.4) is 0 Å². The minimum Gasteiger partial charge on any atom is -0.493 e. The van der Waals surface area contributed by atoms with E-state index in [1.54, 1.807) is 18.2 Å². The highest BCUT2D eigenvalue weighted by Crippen LogP contribution is 2.33. The lowest BCUT2D eigenvalue weighted by molar-refractivity contribution is -0.114. The normalized spacial score (nSPS) is 15.0. The van der Waals surface area contributed by atoms with E-state index < -0.39 is 0 Å². The third kappa shape index (κ3) is 4.47. The van der Waals surface area contributed by atoms with Gasteiger partial charge < -0.3 is 9.64 Å². The van der Waals surface area contributed by atoms with E-state index in [0.717, 1.165) is 30.1 Å². The fraction of sp³-hybridized carbons (Fsp3) is 0.304. The second-order valence-electron chi connectivity index (χ2n) is 6.79. The number of carbonyl (C=O) groups is 1. The summed E-state index contributed by atoms with van der Waals surface area (Å²) >= 11 is 12.1. The quantitative estimate of drug-likeness (QED) is 0.487. The minimum atomic E-state index is -0.221. The molecule has 0 radical (unpaired) electrons. The van der Waals surface area contributed by atoms with E-state index in [9.17, 15) is 4.79 Å². The molecule has 2 aromatic carbocycles. The summed E-state index contributed by atoms with van der Waals surface area (Å²) in [5.41, 5.74) is 3.63. The van der Waals surface area contributed by atoms with E-state index in [1.165, 1.54) is 5.01 Å². The molecule has 3 rings (SSSR count). The van der Waals surface area contributed by atoms with E-state index in [0.29, 0.717) is 33.6 Å². The number of halogens is 2. The molecule has 7 heteroatoms. The third-order valence-electron chi connectivity index (χ3n) is 4.94. The van der Waals surface area contributed by atoms with Gasteiger partial charge >= 0.3 is 0 Å². The molecule has 1 aliphatic rings. The highest BCUT2D eigenvalue weighted by atomic mass is 35.5. The summed E-state index contributed by atoms with van der Waals surface area (Å²) in [5, 5.41) is 6.56. The van der Waals surface area contributed by atoms with Crippen molar-refractivity contribution in [2.24, 2.45) is 5.10 Å². The van der Waals surface area contributed by atoms with Gasteiger partial charge in [-0.1, -0.05) is 23.2 Å². The van der Waals surface area contributed by atoms with Gasteiger partial charge in [-0.25, -0.2) is 0 Å². The van der Waals surface area contributed by atoms with Crippen LogP contribution < -0.4 is 14.6 Å². The summed E-state index contributed by atoms with van der Waals surface area (Å²) in [6.07, 6.45) is 1.83. The zero-order valence-electron chi connectivity index (χ0n) is 17.6. The number of hydrazone groups is 1. The van der Waals surface area contributed by atoms with Crippen molar-refractivity contribution < 1.29 is 9.53 Å². The molecule has 0 spiro atoms. The molecule has 1 amide bonds. The Labute approximate surface area is 187 Å². The van der Waals surface area contributed by atoms with Crippen molar-refractivity contribution in [1.82, 2.24) is 0 Å². The SMILES string of the molecule is CCOc1cc(N(CC)CC)ccc1/C=C1/C(=O)N(c2ccc(Cl)c(Cl)c2)N=C1C. The third-order valence-corrected chi connectivity index (χ3v) is 5.67. The molecule has 0 atom stereocenters. The van der Waals surface area contributed by atoms with Crippen LogP contribution in [0.4, 0.5) is 11.4 Å². The molecule has 30 heavy (non-hydrogen) atoms. The highest BCUT2D eigenvalue weighted by molar-refractivity contribution is 6.42. The molecule has 1 aliphatic heterocycles. The van der Waals surface area contributed by atoms with E-state index in [2.05, 4.69) is 23.8 Å². The van der Waals surface area contributed by atoms with Crippen molar-refractivity contribution >= 4 is 52.3 Å². The molecule has 158 valence electrons. The lowest BCUT2D eigenvalue weighted by Crippen LogP contribution is -2.22. The first-order valence-electron chi connectivity index (χ1n) is 9.98. The zero-order chi connectivity index (χ0) is 21.8. The van der Waals surface area contributed by atoms with Crippen LogP contribution >= 0.6 is 23.2 Å². The number of nitrogens with zero attached hydrogens (tertiary/aromatic N) is 3. The molecule has 0 bridgehead atoms. The van der Waals surface area contributed by atoms with Gasteiger partial charge in [0.15, 0.2) is 0 Å². The van der Waals surface area contributed by atoms with Crippen LogP contribution in [0.2, 0.25) is 10.0 Å². The van der Waals surface area contributed by atoms with Gasteiger partial charge in [0.05, 0.1) is 33.6 Å². The number of anilines is 2. The first-order chi connectivity index (χ1) is 14.4. The molecule has 2 aromatic rings. The maximum absolute atomic E-state index is 13.1. The molecule has 0 fully saturated rings. The summed E-state index contributed by atoms with van der Waals surface area (Å²) in [5.74, 6) is 0.518. The van der Waals surface area contributed by atoms with Gasteiger partial charge in [-0.05, 0) is 64.1 Å². The highest BCUT2D eigenvalue weighted by Gasteiger charge is 2.29. The number of hydrogen-bond acceptors (Lipinski definition) is 4. The van der Waals surface area contributed by atoms with Crippen molar-refractivity contribution in [2.45, 2.75) is 27.7 Å². The Balaban J connectivity index is 1.97. The number of carbonyl (C=O) groups excluding carboxylic acids is 1. The number of hydrogen-bond donors (Lipinski definition) is 0. The van der Waals surface area contributed by atoms with Gasteiger partial charge in [-0.3, -0.25) is 4.79 Å². The zero-order valence-corrected chi connectivity index (χ0v) is 19.1. The maximum atomic E-state index is 13.1. The topological polar surface area (TPSA) is 45.1 Å². The van der Waals surface area contributed by atoms with Crippen molar-refractivity contribution in [1.29, 1.82) is 0 Å². The monoisotopic (exact) mass is 445 g/mol. The summed E-state index contributed by atoms with van der Waals surface area (Å²) in [4.78, 5) is 15.3. The average Bonchev–Trinajstić information content (AvgIpc) is 3.01. The van der Waals surface area contributed by atoms with Crippen LogP contribution in [0.15, 0.2) is 47.1 Å². The van der Waals surface area contributed by atoms with Crippen molar-refractivity contribution in [3.8, 4) is 5.75 Å². The lowest BCUT2D eigenvalue weighted by atomic mass is 10.1. The summed E-state index contributed by atoms with van der Waals surface area (Å²) in [6, 6.07) is 11.0. The molecule has 0 unspecified atom stereocenters. The molecule has 0 saturated heterocycles. The smallest absolute Gasteiger partial charge is 0.280 e. The van der Waals surface area contributed by atoms with E-state index in [-0.39, 0.29) is 5.91 Å². The Hall–Kier alpha value is -2.50. The Morgan fingerprint density at radius 1 is 1.07 bits per heavy atom. The molecule has 0 saturated carbocycles. The fourth-order valence-corrected chi connectivity index (χ4v) is 3.63. The molecule has 0 aliphatic carbocycles. The second kappa shape index (κ2) is 9.54. The Bertz CT molecular complexity index is 1010. The lowest BCUT2D eigenvalue weighted by Gasteiger charge is -2.22. The number of ether oxygens (including phenoxy) is 1. The number of benzene rings is 2. The Morgan fingerprint density at radius 3 is 2.43 bits per heavy atom. The van der Waals surface area contributed by atoms with Gasteiger partial charge in [0.2, 0.25) is 0 Å². The van der Waals surface area contributed by atoms with Crippen molar-refractivity contribution in [3.63, 3.8) is 0 Å².